The SMILES string of the molecule is COc1ccc(-c2c[nH]nc2C2NC(=O)c3ccccc3N2)cc1. The first kappa shape index (κ1) is 14.3. The minimum atomic E-state index is -0.393. The first-order valence-corrected chi connectivity index (χ1v) is 7.61. The number of benzene rings is 2. The predicted octanol–water partition coefficient (Wildman–Crippen LogP) is 2.94. The zero-order valence-corrected chi connectivity index (χ0v) is 13.0. The van der Waals surface area contributed by atoms with Crippen LogP contribution in [-0.4, -0.2) is 23.2 Å². The van der Waals surface area contributed by atoms with E-state index in [0.29, 0.717) is 5.56 Å². The molecule has 120 valence electrons. The fourth-order valence-corrected chi connectivity index (χ4v) is 2.87. The third kappa shape index (κ3) is 2.38. The molecule has 2 heterocycles. The van der Waals surface area contributed by atoms with Gasteiger partial charge in [0, 0.05) is 17.4 Å². The number of rotatable bonds is 3. The van der Waals surface area contributed by atoms with Crippen LogP contribution in [0.5, 0.6) is 5.75 Å². The molecule has 3 aromatic rings. The molecule has 0 spiro atoms. The van der Waals surface area contributed by atoms with Gasteiger partial charge in [0.05, 0.1) is 12.7 Å². The lowest BCUT2D eigenvalue weighted by Gasteiger charge is -2.27. The fraction of sp³-hybridized carbons (Fsp3) is 0.111. The van der Waals surface area contributed by atoms with Crippen molar-refractivity contribution in [1.82, 2.24) is 15.5 Å². The molecule has 1 amide bonds. The van der Waals surface area contributed by atoms with E-state index in [0.717, 1.165) is 28.3 Å². The second-order valence-electron chi connectivity index (χ2n) is 5.51. The summed E-state index contributed by atoms with van der Waals surface area (Å²) in [6.07, 6.45) is 1.43. The minimum Gasteiger partial charge on any atom is -0.497 e. The van der Waals surface area contributed by atoms with Crippen molar-refractivity contribution in [2.45, 2.75) is 6.17 Å². The van der Waals surface area contributed by atoms with Gasteiger partial charge >= 0.3 is 0 Å². The standard InChI is InChI=1S/C18H16N4O2/c1-24-12-8-6-11(7-9-12)14-10-19-22-16(14)17-20-15-5-3-2-4-13(15)18(23)21-17/h2-10,17,20H,1H3,(H,19,22)(H,21,23). The number of carbonyl (C=O) groups is 1. The number of fused-ring (bicyclic) bond motifs is 1. The summed E-state index contributed by atoms with van der Waals surface area (Å²) in [6.45, 7) is 0. The number of aromatic nitrogens is 2. The summed E-state index contributed by atoms with van der Waals surface area (Å²) in [5.74, 6) is 0.680. The number of carbonyl (C=O) groups excluding carboxylic acids is 1. The molecule has 24 heavy (non-hydrogen) atoms. The Kier molecular flexibility index (Phi) is 3.42. The minimum absolute atomic E-state index is 0.113. The Labute approximate surface area is 138 Å². The molecule has 6 heteroatoms. The van der Waals surface area contributed by atoms with Crippen molar-refractivity contribution in [3.63, 3.8) is 0 Å². The maximum absolute atomic E-state index is 12.3. The van der Waals surface area contributed by atoms with Crippen LogP contribution in [0.2, 0.25) is 0 Å². The number of hydrogen-bond donors (Lipinski definition) is 3. The molecule has 0 aliphatic carbocycles. The van der Waals surface area contributed by atoms with E-state index in [1.54, 1.807) is 13.2 Å². The van der Waals surface area contributed by atoms with Crippen molar-refractivity contribution in [1.29, 1.82) is 0 Å². The van der Waals surface area contributed by atoms with E-state index in [-0.39, 0.29) is 5.91 Å². The van der Waals surface area contributed by atoms with Crippen LogP contribution in [0.1, 0.15) is 22.2 Å². The van der Waals surface area contributed by atoms with Crippen molar-refractivity contribution in [3.05, 3.63) is 66.0 Å². The van der Waals surface area contributed by atoms with E-state index in [1.807, 2.05) is 48.7 Å². The predicted molar refractivity (Wildman–Crippen MR) is 90.8 cm³/mol. The number of nitrogens with one attached hydrogen (secondary N) is 3. The average Bonchev–Trinajstić information content (AvgIpc) is 3.11. The van der Waals surface area contributed by atoms with Crippen LogP contribution >= 0.6 is 0 Å². The molecule has 1 aliphatic rings. The number of H-pyrrole nitrogens is 1. The second-order valence-corrected chi connectivity index (χ2v) is 5.51. The number of nitrogens with zero attached hydrogens (tertiary/aromatic N) is 1. The van der Waals surface area contributed by atoms with Crippen molar-refractivity contribution >= 4 is 11.6 Å². The molecule has 6 nitrogen and oxygen atoms in total. The Morgan fingerprint density at radius 2 is 1.79 bits per heavy atom. The highest BCUT2D eigenvalue weighted by Crippen LogP contribution is 2.31. The number of hydrogen-bond acceptors (Lipinski definition) is 4. The monoisotopic (exact) mass is 320 g/mol. The normalized spacial score (nSPS) is 16.0. The number of para-hydroxylation sites is 1. The summed E-state index contributed by atoms with van der Waals surface area (Å²) in [5, 5.41) is 13.5. The van der Waals surface area contributed by atoms with Crippen molar-refractivity contribution in [2.24, 2.45) is 0 Å². The molecular formula is C18H16N4O2. The van der Waals surface area contributed by atoms with Crippen LogP contribution in [0, 0.1) is 0 Å². The zero-order chi connectivity index (χ0) is 16.5. The Morgan fingerprint density at radius 1 is 1.00 bits per heavy atom. The van der Waals surface area contributed by atoms with Gasteiger partial charge in [-0.2, -0.15) is 5.10 Å². The summed E-state index contributed by atoms with van der Waals surface area (Å²) >= 11 is 0. The van der Waals surface area contributed by atoms with Crippen molar-refractivity contribution in [2.75, 3.05) is 12.4 Å². The van der Waals surface area contributed by atoms with Crippen LogP contribution in [-0.2, 0) is 0 Å². The maximum Gasteiger partial charge on any atom is 0.255 e. The molecule has 1 aliphatic heterocycles. The molecule has 4 rings (SSSR count). The van der Waals surface area contributed by atoms with Gasteiger partial charge in [0.25, 0.3) is 5.91 Å². The highest BCUT2D eigenvalue weighted by atomic mass is 16.5. The first-order chi connectivity index (χ1) is 11.8. The Bertz CT molecular complexity index is 886. The fourth-order valence-electron chi connectivity index (χ4n) is 2.87. The molecule has 1 unspecified atom stereocenters. The lowest BCUT2D eigenvalue weighted by Crippen LogP contribution is -2.38. The quantitative estimate of drug-likeness (QED) is 0.693. The molecule has 0 saturated carbocycles. The molecule has 1 atom stereocenters. The number of methoxy groups -OCH3 is 1. The van der Waals surface area contributed by atoms with E-state index in [2.05, 4.69) is 20.8 Å². The summed E-state index contributed by atoms with van der Waals surface area (Å²) in [7, 11) is 1.64. The van der Waals surface area contributed by atoms with E-state index in [1.165, 1.54) is 0 Å². The molecular weight excluding hydrogens is 304 g/mol. The molecule has 3 N–H and O–H groups in total. The first-order valence-electron chi connectivity index (χ1n) is 7.61. The number of ether oxygens (including phenoxy) is 1. The van der Waals surface area contributed by atoms with Gasteiger partial charge in [-0.05, 0) is 29.8 Å². The van der Waals surface area contributed by atoms with Gasteiger partial charge in [-0.15, -0.1) is 0 Å². The van der Waals surface area contributed by atoms with Crippen LogP contribution in [0.15, 0.2) is 54.7 Å². The topological polar surface area (TPSA) is 79.0 Å². The van der Waals surface area contributed by atoms with E-state index < -0.39 is 6.17 Å². The molecule has 2 aromatic carbocycles. The molecule has 0 saturated heterocycles. The van der Waals surface area contributed by atoms with Crippen molar-refractivity contribution < 1.29 is 9.53 Å². The smallest absolute Gasteiger partial charge is 0.255 e. The van der Waals surface area contributed by atoms with Crippen LogP contribution in [0.4, 0.5) is 5.69 Å². The average molecular weight is 320 g/mol. The maximum atomic E-state index is 12.3. The Balaban J connectivity index is 1.69. The van der Waals surface area contributed by atoms with Gasteiger partial charge in [0.2, 0.25) is 0 Å². The van der Waals surface area contributed by atoms with E-state index in [9.17, 15) is 4.79 Å². The Hall–Kier alpha value is -3.28. The van der Waals surface area contributed by atoms with Crippen LogP contribution in [0.25, 0.3) is 11.1 Å². The lowest BCUT2D eigenvalue weighted by molar-refractivity contribution is 0.0935. The summed E-state index contributed by atoms with van der Waals surface area (Å²) in [5.41, 5.74) is 4.09. The van der Waals surface area contributed by atoms with Crippen LogP contribution < -0.4 is 15.4 Å². The number of anilines is 1. The highest BCUT2D eigenvalue weighted by molar-refractivity contribution is 6.01. The van der Waals surface area contributed by atoms with E-state index >= 15 is 0 Å². The Morgan fingerprint density at radius 3 is 2.58 bits per heavy atom. The highest BCUT2D eigenvalue weighted by Gasteiger charge is 2.27. The third-order valence-corrected chi connectivity index (χ3v) is 4.09. The summed E-state index contributed by atoms with van der Waals surface area (Å²) in [4.78, 5) is 12.3. The molecule has 1 aromatic heterocycles. The zero-order valence-electron chi connectivity index (χ0n) is 13.0. The molecule has 0 fully saturated rings. The molecule has 0 bridgehead atoms. The summed E-state index contributed by atoms with van der Waals surface area (Å²) in [6, 6.07) is 15.2. The van der Waals surface area contributed by atoms with Gasteiger partial charge in [-0.3, -0.25) is 9.89 Å². The number of amides is 1. The van der Waals surface area contributed by atoms with Gasteiger partial charge in [-0.25, -0.2) is 0 Å². The van der Waals surface area contributed by atoms with Crippen LogP contribution in [0.3, 0.4) is 0 Å². The largest absolute Gasteiger partial charge is 0.497 e. The van der Waals surface area contributed by atoms with E-state index in [4.69, 9.17) is 4.74 Å². The molecule has 0 radical (unpaired) electrons. The summed E-state index contributed by atoms with van der Waals surface area (Å²) < 4.78 is 5.19. The van der Waals surface area contributed by atoms with Gasteiger partial charge in [0.15, 0.2) is 0 Å². The van der Waals surface area contributed by atoms with Gasteiger partial charge in [0.1, 0.15) is 17.6 Å². The van der Waals surface area contributed by atoms with Crippen molar-refractivity contribution in [3.8, 4) is 16.9 Å². The second kappa shape index (κ2) is 5.73. The lowest BCUT2D eigenvalue weighted by atomic mass is 10.0. The van der Waals surface area contributed by atoms with Gasteiger partial charge in [-0.1, -0.05) is 24.3 Å². The van der Waals surface area contributed by atoms with Gasteiger partial charge < -0.3 is 15.4 Å². The third-order valence-electron chi connectivity index (χ3n) is 4.09. The number of aromatic amines is 1.